The molecule has 0 unspecified atom stereocenters. The summed E-state index contributed by atoms with van der Waals surface area (Å²) in [5, 5.41) is 3.03. The first-order valence-electron chi connectivity index (χ1n) is 8.08. The molecule has 5 nitrogen and oxygen atoms in total. The molecule has 1 aromatic rings. The number of amides is 1. The van der Waals surface area contributed by atoms with E-state index in [2.05, 4.69) is 17.3 Å². The maximum absolute atomic E-state index is 12.0. The van der Waals surface area contributed by atoms with Crippen LogP contribution in [0.2, 0.25) is 0 Å². The summed E-state index contributed by atoms with van der Waals surface area (Å²) < 4.78 is 5.33. The van der Waals surface area contributed by atoms with Gasteiger partial charge in [-0.2, -0.15) is 0 Å². The van der Waals surface area contributed by atoms with E-state index in [0.29, 0.717) is 19.2 Å². The monoisotopic (exact) mass is 305 g/mol. The Kier molecular flexibility index (Phi) is 6.68. The van der Waals surface area contributed by atoms with Crippen LogP contribution in [0, 0.1) is 0 Å². The lowest BCUT2D eigenvalue weighted by Gasteiger charge is -2.38. The molecule has 1 saturated carbocycles. The highest BCUT2D eigenvalue weighted by atomic mass is 16.5. The van der Waals surface area contributed by atoms with Crippen LogP contribution in [0.1, 0.15) is 31.2 Å². The zero-order valence-electron chi connectivity index (χ0n) is 13.3. The Morgan fingerprint density at radius 1 is 1.32 bits per heavy atom. The Labute approximate surface area is 132 Å². The van der Waals surface area contributed by atoms with Crippen molar-refractivity contribution >= 4 is 6.09 Å². The quantitative estimate of drug-likeness (QED) is 0.845. The maximum Gasteiger partial charge on any atom is 0.407 e. The fraction of sp³-hybridized carbons (Fsp3) is 0.588. The van der Waals surface area contributed by atoms with Crippen molar-refractivity contribution in [1.29, 1.82) is 0 Å². The van der Waals surface area contributed by atoms with Crippen LogP contribution in [0.25, 0.3) is 0 Å². The second kappa shape index (κ2) is 8.76. The molecule has 3 N–H and O–H groups in total. The molecule has 0 aromatic heterocycles. The van der Waals surface area contributed by atoms with Crippen molar-refractivity contribution in [3.63, 3.8) is 0 Å². The van der Waals surface area contributed by atoms with Gasteiger partial charge in [-0.25, -0.2) is 4.79 Å². The number of nitrogens with one attached hydrogen (secondary N) is 1. The van der Waals surface area contributed by atoms with Crippen molar-refractivity contribution in [2.45, 2.75) is 44.4 Å². The fourth-order valence-corrected chi connectivity index (χ4v) is 3.09. The van der Waals surface area contributed by atoms with Gasteiger partial charge in [0.25, 0.3) is 0 Å². The van der Waals surface area contributed by atoms with Crippen molar-refractivity contribution in [3.05, 3.63) is 35.9 Å². The summed E-state index contributed by atoms with van der Waals surface area (Å²) in [6, 6.07) is 10.2. The molecule has 1 amide bonds. The molecule has 0 radical (unpaired) electrons. The molecule has 22 heavy (non-hydrogen) atoms. The number of hydrogen-bond acceptors (Lipinski definition) is 4. The molecule has 0 aliphatic heterocycles. The number of carbonyl (C=O) groups is 1. The van der Waals surface area contributed by atoms with Crippen LogP contribution in [0.3, 0.4) is 0 Å². The van der Waals surface area contributed by atoms with Gasteiger partial charge in [0.2, 0.25) is 0 Å². The van der Waals surface area contributed by atoms with Gasteiger partial charge in [0, 0.05) is 25.2 Å². The Morgan fingerprint density at radius 3 is 2.77 bits per heavy atom. The van der Waals surface area contributed by atoms with Gasteiger partial charge in [-0.05, 0) is 25.5 Å². The maximum atomic E-state index is 12.0. The summed E-state index contributed by atoms with van der Waals surface area (Å²) in [5.74, 6) is 0. The van der Waals surface area contributed by atoms with Crippen LogP contribution in [0.15, 0.2) is 30.3 Å². The van der Waals surface area contributed by atoms with Crippen LogP contribution in [0.4, 0.5) is 4.79 Å². The third-order valence-electron chi connectivity index (χ3n) is 4.29. The van der Waals surface area contributed by atoms with Crippen molar-refractivity contribution in [2.24, 2.45) is 5.73 Å². The summed E-state index contributed by atoms with van der Waals surface area (Å²) in [4.78, 5) is 14.3. The number of alkyl carbamates (subject to hydrolysis) is 1. The Balaban J connectivity index is 1.83. The summed E-state index contributed by atoms with van der Waals surface area (Å²) in [6.07, 6.45) is 4.12. The molecule has 0 heterocycles. The Hall–Kier alpha value is -1.59. The lowest BCUT2D eigenvalue weighted by molar-refractivity contribution is 0.112. The minimum absolute atomic E-state index is 0.147. The zero-order valence-corrected chi connectivity index (χ0v) is 13.3. The number of nitrogens with two attached hydrogens (primary N) is 1. The van der Waals surface area contributed by atoms with E-state index < -0.39 is 0 Å². The molecular weight excluding hydrogens is 278 g/mol. The van der Waals surface area contributed by atoms with Gasteiger partial charge < -0.3 is 20.7 Å². The van der Waals surface area contributed by atoms with E-state index in [1.807, 2.05) is 30.3 Å². The number of likely N-dealkylation sites (N-methyl/N-ethyl adjacent to an activating group) is 1. The van der Waals surface area contributed by atoms with Crippen LogP contribution in [0.5, 0.6) is 0 Å². The van der Waals surface area contributed by atoms with E-state index in [-0.39, 0.29) is 12.1 Å². The number of rotatable bonds is 6. The van der Waals surface area contributed by atoms with E-state index >= 15 is 0 Å². The van der Waals surface area contributed by atoms with Crippen LogP contribution >= 0.6 is 0 Å². The largest absolute Gasteiger partial charge is 0.445 e. The van der Waals surface area contributed by atoms with E-state index in [0.717, 1.165) is 31.4 Å². The topological polar surface area (TPSA) is 67.6 Å². The van der Waals surface area contributed by atoms with Crippen LogP contribution < -0.4 is 11.1 Å². The predicted molar refractivity (Wildman–Crippen MR) is 87.5 cm³/mol. The molecule has 0 spiro atoms. The molecule has 2 rings (SSSR count). The number of ether oxygens (including phenoxy) is 1. The highest BCUT2D eigenvalue weighted by molar-refractivity contribution is 5.67. The normalized spacial score (nSPS) is 21.6. The highest BCUT2D eigenvalue weighted by Crippen LogP contribution is 2.22. The minimum Gasteiger partial charge on any atom is -0.445 e. The second-order valence-electron chi connectivity index (χ2n) is 5.93. The Bertz CT molecular complexity index is 452. The van der Waals surface area contributed by atoms with E-state index in [4.69, 9.17) is 10.5 Å². The van der Waals surface area contributed by atoms with Crippen molar-refractivity contribution in [3.8, 4) is 0 Å². The highest BCUT2D eigenvalue weighted by Gasteiger charge is 2.29. The van der Waals surface area contributed by atoms with Gasteiger partial charge >= 0.3 is 6.09 Å². The first-order chi connectivity index (χ1) is 10.7. The average Bonchev–Trinajstić information content (AvgIpc) is 2.54. The van der Waals surface area contributed by atoms with E-state index in [1.54, 1.807) is 0 Å². The SMILES string of the molecule is CN(CCN)[C@@H]1CCCC[C@H]1NC(=O)OCc1ccccc1. The number of nitrogens with zero attached hydrogens (tertiary/aromatic N) is 1. The predicted octanol–water partition coefficient (Wildman–Crippen LogP) is 2.11. The first kappa shape index (κ1) is 16.8. The second-order valence-corrected chi connectivity index (χ2v) is 5.93. The third-order valence-corrected chi connectivity index (χ3v) is 4.29. The van der Waals surface area contributed by atoms with Crippen molar-refractivity contribution < 1.29 is 9.53 Å². The lowest BCUT2D eigenvalue weighted by atomic mass is 9.89. The van der Waals surface area contributed by atoms with Gasteiger partial charge in [0.1, 0.15) is 6.61 Å². The molecule has 1 aromatic carbocycles. The van der Waals surface area contributed by atoms with E-state index in [9.17, 15) is 4.79 Å². The average molecular weight is 305 g/mol. The Morgan fingerprint density at radius 2 is 2.05 bits per heavy atom. The van der Waals surface area contributed by atoms with Gasteiger partial charge in [-0.1, -0.05) is 43.2 Å². The minimum atomic E-state index is -0.332. The molecule has 1 aliphatic rings. The van der Waals surface area contributed by atoms with Crippen molar-refractivity contribution in [2.75, 3.05) is 20.1 Å². The number of hydrogen-bond donors (Lipinski definition) is 2. The molecule has 1 aliphatic carbocycles. The standard InChI is InChI=1S/C17H27N3O2/c1-20(12-11-18)16-10-6-5-9-15(16)19-17(21)22-13-14-7-3-2-4-8-14/h2-4,7-8,15-16H,5-6,9-13,18H2,1H3,(H,19,21)/t15-,16-/m1/s1. The van der Waals surface area contributed by atoms with Crippen LogP contribution in [-0.4, -0.2) is 43.2 Å². The number of carbonyl (C=O) groups excluding carboxylic acids is 1. The molecule has 5 heteroatoms. The summed E-state index contributed by atoms with van der Waals surface area (Å²) in [5.41, 5.74) is 6.64. The fourth-order valence-electron chi connectivity index (χ4n) is 3.09. The summed E-state index contributed by atoms with van der Waals surface area (Å²) >= 11 is 0. The number of benzene rings is 1. The van der Waals surface area contributed by atoms with E-state index in [1.165, 1.54) is 6.42 Å². The molecular formula is C17H27N3O2. The van der Waals surface area contributed by atoms with Crippen LogP contribution in [-0.2, 0) is 11.3 Å². The molecule has 0 bridgehead atoms. The van der Waals surface area contributed by atoms with Gasteiger partial charge in [0.15, 0.2) is 0 Å². The summed E-state index contributed by atoms with van der Waals surface area (Å²) in [7, 11) is 2.08. The molecule has 2 atom stereocenters. The third kappa shape index (κ3) is 5.00. The zero-order chi connectivity index (χ0) is 15.8. The summed E-state index contributed by atoms with van der Waals surface area (Å²) in [6.45, 7) is 1.79. The van der Waals surface area contributed by atoms with Gasteiger partial charge in [0.05, 0.1) is 0 Å². The molecule has 1 fully saturated rings. The van der Waals surface area contributed by atoms with Crippen molar-refractivity contribution in [1.82, 2.24) is 10.2 Å². The lowest BCUT2D eigenvalue weighted by Crippen LogP contribution is -2.53. The first-order valence-corrected chi connectivity index (χ1v) is 8.08. The molecule has 0 saturated heterocycles. The molecule has 122 valence electrons. The van der Waals surface area contributed by atoms with Gasteiger partial charge in [-0.3, -0.25) is 0 Å². The smallest absolute Gasteiger partial charge is 0.407 e. The van der Waals surface area contributed by atoms with Gasteiger partial charge in [-0.15, -0.1) is 0 Å².